The molecule has 1 aromatic carbocycles. The number of aryl methyl sites for hydroxylation is 2. The Balaban J connectivity index is 1.65. The number of carbonyl (C=O) groups excluding carboxylic acids is 1. The van der Waals surface area contributed by atoms with E-state index in [0.717, 1.165) is 42.6 Å². The van der Waals surface area contributed by atoms with Gasteiger partial charge in [0.15, 0.2) is 5.75 Å². The van der Waals surface area contributed by atoms with E-state index in [1.807, 2.05) is 19.9 Å². The molecule has 3 rings (SSSR count). The summed E-state index contributed by atoms with van der Waals surface area (Å²) in [5.74, 6) is 1.15. The van der Waals surface area contributed by atoms with Crippen molar-refractivity contribution in [1.29, 1.82) is 5.26 Å². The topological polar surface area (TPSA) is 75.9 Å². The average Bonchev–Trinajstić information content (AvgIpc) is 2.61. The second-order valence-electron chi connectivity index (χ2n) is 6.72. The molecule has 0 bridgehead atoms. The van der Waals surface area contributed by atoms with E-state index in [1.165, 1.54) is 0 Å². The van der Waals surface area contributed by atoms with Crippen LogP contribution < -0.4 is 4.74 Å². The molecule has 0 amide bonds. The quantitative estimate of drug-likeness (QED) is 0.789. The summed E-state index contributed by atoms with van der Waals surface area (Å²) < 4.78 is 5.38. The van der Waals surface area contributed by atoms with Crippen molar-refractivity contribution in [2.75, 3.05) is 0 Å². The Bertz CT molecular complexity index is 780. The van der Waals surface area contributed by atoms with E-state index in [9.17, 15) is 4.79 Å². The van der Waals surface area contributed by atoms with E-state index in [1.54, 1.807) is 24.5 Å². The number of rotatable bonds is 3. The first kappa shape index (κ1) is 17.1. The molecule has 0 spiro atoms. The lowest BCUT2D eigenvalue weighted by molar-refractivity contribution is 0.0733. The molecule has 1 saturated carbocycles. The number of nitriles is 1. The molecule has 0 atom stereocenters. The Labute approximate surface area is 147 Å². The van der Waals surface area contributed by atoms with E-state index in [2.05, 4.69) is 16.0 Å². The highest BCUT2D eigenvalue weighted by molar-refractivity contribution is 5.91. The largest absolute Gasteiger partial charge is 0.420 e. The average molecular weight is 335 g/mol. The number of carbonyl (C=O) groups is 1. The molecule has 0 radical (unpaired) electrons. The second kappa shape index (κ2) is 7.43. The van der Waals surface area contributed by atoms with Crippen molar-refractivity contribution < 1.29 is 9.53 Å². The number of hydrogen-bond donors (Lipinski definition) is 0. The molecule has 5 heteroatoms. The molecule has 1 fully saturated rings. The lowest BCUT2D eigenvalue weighted by atomic mass is 9.82. The van der Waals surface area contributed by atoms with Crippen LogP contribution in [0.15, 0.2) is 30.6 Å². The molecular formula is C20H21N3O2. The minimum absolute atomic E-state index is 0.161. The van der Waals surface area contributed by atoms with Gasteiger partial charge in [0.25, 0.3) is 0 Å². The lowest BCUT2D eigenvalue weighted by Crippen LogP contribution is -2.15. The molecule has 128 valence electrons. The number of benzene rings is 1. The molecule has 2 aromatic rings. The Morgan fingerprint density at radius 2 is 1.68 bits per heavy atom. The highest BCUT2D eigenvalue weighted by atomic mass is 16.5. The number of nitrogens with zero attached hydrogens (tertiary/aromatic N) is 3. The summed E-state index contributed by atoms with van der Waals surface area (Å²) in [6, 6.07) is 7.95. The van der Waals surface area contributed by atoms with Crippen LogP contribution in [0.1, 0.15) is 58.9 Å². The van der Waals surface area contributed by atoms with Crippen molar-refractivity contribution in [1.82, 2.24) is 9.97 Å². The third-order valence-corrected chi connectivity index (χ3v) is 4.59. The van der Waals surface area contributed by atoms with Gasteiger partial charge in [-0.1, -0.05) is 17.2 Å². The summed E-state index contributed by atoms with van der Waals surface area (Å²) in [6.45, 7) is 3.89. The highest BCUT2D eigenvalue weighted by Gasteiger charge is 2.24. The van der Waals surface area contributed by atoms with E-state index in [4.69, 9.17) is 10.00 Å². The molecule has 0 aliphatic heterocycles. The van der Waals surface area contributed by atoms with Crippen LogP contribution in [0.5, 0.6) is 5.75 Å². The molecule has 1 aliphatic carbocycles. The zero-order valence-electron chi connectivity index (χ0n) is 14.5. The molecule has 25 heavy (non-hydrogen) atoms. The first-order valence-corrected chi connectivity index (χ1v) is 8.57. The molecular weight excluding hydrogens is 314 g/mol. The predicted octanol–water partition coefficient (Wildman–Crippen LogP) is 4.11. The summed E-state index contributed by atoms with van der Waals surface area (Å²) in [6.07, 6.45) is 6.76. The van der Waals surface area contributed by atoms with Crippen LogP contribution in [-0.4, -0.2) is 15.9 Å². The Morgan fingerprint density at radius 1 is 1.08 bits per heavy atom. The third kappa shape index (κ3) is 4.21. The Morgan fingerprint density at radius 3 is 2.24 bits per heavy atom. The van der Waals surface area contributed by atoms with Gasteiger partial charge in [-0.05, 0) is 51.7 Å². The molecule has 1 aromatic heterocycles. The summed E-state index contributed by atoms with van der Waals surface area (Å²) in [5.41, 5.74) is 2.56. The summed E-state index contributed by atoms with van der Waals surface area (Å²) in [5, 5.41) is 8.97. The molecule has 1 heterocycles. The maximum atomic E-state index is 12.3. The standard InChI is InChI=1S/C20H21N3O2/c1-13-7-14(2)9-17(8-13)20(24)25-18-11-22-19(23-12-18)16-5-3-15(10-21)4-6-16/h7-9,11-12,15-16H,3-6H2,1-2H3. The van der Waals surface area contributed by atoms with Crippen molar-refractivity contribution in [3.05, 3.63) is 53.1 Å². The zero-order valence-corrected chi connectivity index (χ0v) is 14.5. The first-order chi connectivity index (χ1) is 12.0. The lowest BCUT2D eigenvalue weighted by Gasteiger charge is -2.23. The summed E-state index contributed by atoms with van der Waals surface area (Å²) in [4.78, 5) is 21.0. The highest BCUT2D eigenvalue weighted by Crippen LogP contribution is 2.33. The number of ether oxygens (including phenoxy) is 1. The van der Waals surface area contributed by atoms with Gasteiger partial charge in [-0.3, -0.25) is 0 Å². The maximum absolute atomic E-state index is 12.3. The van der Waals surface area contributed by atoms with Gasteiger partial charge in [0.05, 0.1) is 24.0 Å². The van der Waals surface area contributed by atoms with E-state index in [0.29, 0.717) is 11.3 Å². The molecule has 0 unspecified atom stereocenters. The fraction of sp³-hybridized carbons (Fsp3) is 0.400. The van der Waals surface area contributed by atoms with Crippen LogP contribution in [0, 0.1) is 31.1 Å². The van der Waals surface area contributed by atoms with Crippen LogP contribution in [-0.2, 0) is 0 Å². The normalized spacial score (nSPS) is 19.9. The Hall–Kier alpha value is -2.74. The van der Waals surface area contributed by atoms with Crippen LogP contribution in [0.4, 0.5) is 0 Å². The van der Waals surface area contributed by atoms with Gasteiger partial charge < -0.3 is 4.74 Å². The van der Waals surface area contributed by atoms with Crippen molar-refractivity contribution >= 4 is 5.97 Å². The minimum Gasteiger partial charge on any atom is -0.420 e. The number of aromatic nitrogens is 2. The van der Waals surface area contributed by atoms with Gasteiger partial charge in [0.1, 0.15) is 5.82 Å². The van der Waals surface area contributed by atoms with E-state index >= 15 is 0 Å². The SMILES string of the molecule is Cc1cc(C)cc(C(=O)Oc2cnc(C3CCC(C#N)CC3)nc2)c1. The zero-order chi connectivity index (χ0) is 17.8. The number of hydrogen-bond acceptors (Lipinski definition) is 5. The van der Waals surface area contributed by atoms with Crippen LogP contribution in [0.25, 0.3) is 0 Å². The van der Waals surface area contributed by atoms with Gasteiger partial charge in [0, 0.05) is 11.8 Å². The van der Waals surface area contributed by atoms with Gasteiger partial charge in [0.2, 0.25) is 0 Å². The molecule has 1 aliphatic rings. The molecule has 0 saturated heterocycles. The Kier molecular flexibility index (Phi) is 5.08. The van der Waals surface area contributed by atoms with Gasteiger partial charge in [-0.25, -0.2) is 14.8 Å². The van der Waals surface area contributed by atoms with Gasteiger partial charge in [-0.15, -0.1) is 0 Å². The first-order valence-electron chi connectivity index (χ1n) is 8.57. The van der Waals surface area contributed by atoms with E-state index < -0.39 is 5.97 Å². The second-order valence-corrected chi connectivity index (χ2v) is 6.72. The number of esters is 1. The smallest absolute Gasteiger partial charge is 0.343 e. The molecule has 5 nitrogen and oxygen atoms in total. The van der Waals surface area contributed by atoms with Crippen molar-refractivity contribution in [2.45, 2.75) is 45.4 Å². The van der Waals surface area contributed by atoms with Crippen LogP contribution in [0.3, 0.4) is 0 Å². The monoisotopic (exact) mass is 335 g/mol. The minimum atomic E-state index is -0.405. The van der Waals surface area contributed by atoms with Crippen LogP contribution >= 0.6 is 0 Å². The van der Waals surface area contributed by atoms with Gasteiger partial charge in [-0.2, -0.15) is 5.26 Å². The summed E-state index contributed by atoms with van der Waals surface area (Å²) in [7, 11) is 0. The van der Waals surface area contributed by atoms with Crippen LogP contribution in [0.2, 0.25) is 0 Å². The van der Waals surface area contributed by atoms with E-state index in [-0.39, 0.29) is 11.8 Å². The van der Waals surface area contributed by atoms with Crippen molar-refractivity contribution in [2.24, 2.45) is 5.92 Å². The van der Waals surface area contributed by atoms with Crippen molar-refractivity contribution in [3.63, 3.8) is 0 Å². The van der Waals surface area contributed by atoms with Gasteiger partial charge >= 0.3 is 5.97 Å². The molecule has 0 N–H and O–H groups in total. The summed E-state index contributed by atoms with van der Waals surface area (Å²) >= 11 is 0. The fourth-order valence-corrected chi connectivity index (χ4v) is 3.33. The predicted molar refractivity (Wildman–Crippen MR) is 93.2 cm³/mol. The maximum Gasteiger partial charge on any atom is 0.343 e. The fourth-order valence-electron chi connectivity index (χ4n) is 3.33. The third-order valence-electron chi connectivity index (χ3n) is 4.59. The van der Waals surface area contributed by atoms with Crippen molar-refractivity contribution in [3.8, 4) is 11.8 Å².